The Balaban J connectivity index is 1.50. The molecular weight excluding hydrogens is 528 g/mol. The van der Waals surface area contributed by atoms with Gasteiger partial charge in [0.2, 0.25) is 13.9 Å². The van der Waals surface area contributed by atoms with E-state index in [1.807, 2.05) is 18.2 Å². The van der Waals surface area contributed by atoms with Crippen molar-refractivity contribution in [1.29, 1.82) is 0 Å². The summed E-state index contributed by atoms with van der Waals surface area (Å²) in [6, 6.07) is 19.3. The van der Waals surface area contributed by atoms with Crippen LogP contribution < -0.4 is 15.3 Å². The third-order valence-corrected chi connectivity index (χ3v) is 9.94. The Labute approximate surface area is 224 Å². The molecule has 3 N–H and O–H groups in total. The Bertz CT molecular complexity index is 1510. The number of benzene rings is 3. The van der Waals surface area contributed by atoms with Gasteiger partial charge in [-0.05, 0) is 79.6 Å². The number of sulfone groups is 1. The minimum Gasteiger partial charge on any atom is -0.595 e. The maximum atomic E-state index is 13.6. The minimum absolute atomic E-state index is 0.101. The van der Waals surface area contributed by atoms with Gasteiger partial charge < -0.3 is 9.94 Å². The number of nitrogens with one attached hydrogen (secondary N) is 2. The van der Waals surface area contributed by atoms with E-state index in [0.717, 1.165) is 0 Å². The average molecular weight is 553 g/mol. The number of unbranched alkanes of at least 4 members (excludes halogenated alkanes) is 1. The first kappa shape index (κ1) is 27.4. The van der Waals surface area contributed by atoms with Crippen LogP contribution in [0.1, 0.15) is 30.4 Å². The van der Waals surface area contributed by atoms with E-state index in [9.17, 15) is 23.2 Å². The molecular formula is C27H24N2O7S2. The topological polar surface area (TPSA) is 137 Å². The summed E-state index contributed by atoms with van der Waals surface area (Å²) in [5.74, 6) is 6.04. The molecule has 0 saturated carbocycles. The molecule has 0 aliphatic carbocycles. The van der Waals surface area contributed by atoms with Gasteiger partial charge in [-0.2, -0.15) is 5.23 Å². The standard InChI is InChI=1S/C27H24N2O7S2/c1-19-18-21(29(32)33)12-11-20(19)8-4-3-7-17-27(25(30)28-26(31)37-27)38(34,35)24-15-13-23(14-16-24)36-22-9-5-2-6-10-22/h2,5-6,9-16,18,29,32H,3,7,17H2,1H3,(H,28,30,31). The number of imide groups is 1. The van der Waals surface area contributed by atoms with Crippen molar-refractivity contribution in [3.63, 3.8) is 0 Å². The SMILES string of the molecule is Cc1cc([NH+]([O-])O)ccc1C#CCCCC1(S(=O)(=O)c2ccc(Oc3ccccc3)cc2)SC(=O)NC1=O. The molecule has 4 rings (SSSR count). The van der Waals surface area contributed by atoms with E-state index >= 15 is 0 Å². The Morgan fingerprint density at radius 2 is 1.74 bits per heavy atom. The van der Waals surface area contributed by atoms with E-state index < -0.39 is 30.3 Å². The summed E-state index contributed by atoms with van der Waals surface area (Å²) < 4.78 is 31.0. The number of hydrogen-bond donors (Lipinski definition) is 3. The summed E-state index contributed by atoms with van der Waals surface area (Å²) in [7, 11) is -4.26. The number of aryl methyl sites for hydroxylation is 1. The monoisotopic (exact) mass is 552 g/mol. The Morgan fingerprint density at radius 3 is 2.34 bits per heavy atom. The second-order valence-corrected chi connectivity index (χ2v) is 12.2. The highest BCUT2D eigenvalue weighted by atomic mass is 32.3. The van der Waals surface area contributed by atoms with Gasteiger partial charge in [-0.1, -0.05) is 30.0 Å². The second-order valence-electron chi connectivity index (χ2n) is 8.48. The lowest BCUT2D eigenvalue weighted by Gasteiger charge is -2.24. The number of ether oxygens (including phenoxy) is 1. The number of carbonyl (C=O) groups excluding carboxylic acids is 2. The number of amides is 2. The van der Waals surface area contributed by atoms with Crippen LogP contribution in [0.3, 0.4) is 0 Å². The first-order valence-electron chi connectivity index (χ1n) is 11.6. The van der Waals surface area contributed by atoms with Crippen LogP contribution in [0.25, 0.3) is 0 Å². The molecule has 196 valence electrons. The molecule has 1 saturated heterocycles. The van der Waals surface area contributed by atoms with Gasteiger partial charge in [-0.25, -0.2) is 13.6 Å². The van der Waals surface area contributed by atoms with Crippen molar-refractivity contribution in [2.45, 2.75) is 35.2 Å². The molecule has 0 spiro atoms. The largest absolute Gasteiger partial charge is 0.595 e. The second kappa shape index (κ2) is 11.4. The molecule has 2 atom stereocenters. The zero-order valence-corrected chi connectivity index (χ0v) is 21.9. The molecule has 2 unspecified atom stereocenters. The molecule has 2 amide bonds. The first-order chi connectivity index (χ1) is 18.1. The Kier molecular flexibility index (Phi) is 8.20. The van der Waals surface area contributed by atoms with Crippen molar-refractivity contribution in [3.05, 3.63) is 89.1 Å². The number of quaternary nitrogens is 1. The van der Waals surface area contributed by atoms with E-state index in [1.54, 1.807) is 25.1 Å². The van der Waals surface area contributed by atoms with Gasteiger partial charge in [-0.3, -0.25) is 14.9 Å². The molecule has 1 fully saturated rings. The minimum atomic E-state index is -4.26. The number of carbonyl (C=O) groups is 2. The predicted molar refractivity (Wildman–Crippen MR) is 142 cm³/mol. The molecule has 0 radical (unpaired) electrons. The lowest BCUT2D eigenvalue weighted by molar-refractivity contribution is -0.991. The molecule has 0 aromatic heterocycles. The smallest absolute Gasteiger partial charge is 0.287 e. The van der Waals surface area contributed by atoms with Crippen LogP contribution in [0.5, 0.6) is 11.5 Å². The highest BCUT2D eigenvalue weighted by Crippen LogP contribution is 2.44. The van der Waals surface area contributed by atoms with E-state index in [0.29, 0.717) is 34.4 Å². The fourth-order valence-electron chi connectivity index (χ4n) is 3.89. The van der Waals surface area contributed by atoms with Gasteiger partial charge in [0.1, 0.15) is 11.5 Å². The van der Waals surface area contributed by atoms with Crippen molar-refractivity contribution < 1.29 is 33.2 Å². The predicted octanol–water partition coefficient (Wildman–Crippen LogP) is 3.87. The molecule has 3 aromatic rings. The van der Waals surface area contributed by atoms with Gasteiger partial charge >= 0.3 is 0 Å². The van der Waals surface area contributed by atoms with Crippen LogP contribution in [0.2, 0.25) is 0 Å². The molecule has 3 aromatic carbocycles. The van der Waals surface area contributed by atoms with Gasteiger partial charge in [0.15, 0.2) is 5.69 Å². The number of thioether (sulfide) groups is 1. The van der Waals surface area contributed by atoms with Gasteiger partial charge in [0.05, 0.1) is 4.90 Å². The van der Waals surface area contributed by atoms with Crippen LogP contribution in [-0.2, 0) is 14.6 Å². The molecule has 11 heteroatoms. The van der Waals surface area contributed by atoms with Crippen LogP contribution >= 0.6 is 11.8 Å². The van der Waals surface area contributed by atoms with Gasteiger partial charge in [0.25, 0.3) is 11.1 Å². The van der Waals surface area contributed by atoms with Crippen LogP contribution in [0.15, 0.2) is 77.7 Å². The lowest BCUT2D eigenvalue weighted by Crippen LogP contribution is -2.99. The van der Waals surface area contributed by atoms with E-state index in [1.165, 1.54) is 36.4 Å². The van der Waals surface area contributed by atoms with Crippen molar-refractivity contribution in [1.82, 2.24) is 5.32 Å². The summed E-state index contributed by atoms with van der Waals surface area (Å²) in [6.45, 7) is 1.75. The Hall–Kier alpha value is -3.66. The van der Waals surface area contributed by atoms with E-state index in [4.69, 9.17) is 9.94 Å². The molecule has 0 bridgehead atoms. The summed E-state index contributed by atoms with van der Waals surface area (Å²) >= 11 is 0.468. The fourth-order valence-corrected chi connectivity index (χ4v) is 7.26. The fraction of sp³-hybridized carbons (Fsp3) is 0.185. The van der Waals surface area contributed by atoms with E-state index in [-0.39, 0.29) is 29.8 Å². The highest BCUT2D eigenvalue weighted by molar-refractivity contribution is 8.25. The van der Waals surface area contributed by atoms with Crippen LogP contribution in [0, 0.1) is 24.0 Å². The first-order valence-corrected chi connectivity index (χ1v) is 13.9. The zero-order chi connectivity index (χ0) is 27.3. The maximum Gasteiger partial charge on any atom is 0.287 e. The zero-order valence-electron chi connectivity index (χ0n) is 20.3. The summed E-state index contributed by atoms with van der Waals surface area (Å²) in [5, 5.41) is 20.5. The van der Waals surface area contributed by atoms with Crippen molar-refractivity contribution in [3.8, 4) is 23.3 Å². The quantitative estimate of drug-likeness (QED) is 0.218. The third kappa shape index (κ3) is 5.75. The lowest BCUT2D eigenvalue weighted by atomic mass is 10.1. The summed E-state index contributed by atoms with van der Waals surface area (Å²) in [6.07, 6.45) is 0.385. The van der Waals surface area contributed by atoms with Crippen molar-refractivity contribution in [2.24, 2.45) is 0 Å². The number of hydrogen-bond acceptors (Lipinski definition) is 8. The Morgan fingerprint density at radius 1 is 1.05 bits per heavy atom. The van der Waals surface area contributed by atoms with E-state index in [2.05, 4.69) is 17.2 Å². The maximum absolute atomic E-state index is 13.6. The normalized spacial score (nSPS) is 17.9. The molecule has 9 nitrogen and oxygen atoms in total. The van der Waals surface area contributed by atoms with Crippen molar-refractivity contribution in [2.75, 3.05) is 0 Å². The summed E-state index contributed by atoms with van der Waals surface area (Å²) in [4.78, 5) is 24.8. The average Bonchev–Trinajstić information content (AvgIpc) is 3.19. The van der Waals surface area contributed by atoms with Gasteiger partial charge in [0, 0.05) is 24.1 Å². The molecule has 1 heterocycles. The summed E-state index contributed by atoms with van der Waals surface area (Å²) in [5.41, 5.74) is 1.51. The van der Waals surface area contributed by atoms with Crippen molar-refractivity contribution >= 4 is 38.4 Å². The highest BCUT2D eigenvalue weighted by Gasteiger charge is 2.57. The molecule has 38 heavy (non-hydrogen) atoms. The molecule has 1 aliphatic heterocycles. The third-order valence-electron chi connectivity index (χ3n) is 5.87. The van der Waals surface area contributed by atoms with Crippen LogP contribution in [0.4, 0.5) is 10.5 Å². The number of para-hydroxylation sites is 1. The number of rotatable bonds is 8. The molecule has 1 aliphatic rings. The van der Waals surface area contributed by atoms with Gasteiger partial charge in [-0.15, -0.1) is 0 Å². The van der Waals surface area contributed by atoms with Crippen LogP contribution in [-0.4, -0.2) is 28.9 Å².